The van der Waals surface area contributed by atoms with Gasteiger partial charge < -0.3 is 48.5 Å². The molecule has 17 nitrogen and oxygen atoms in total. The van der Waals surface area contributed by atoms with Crippen molar-refractivity contribution < 1.29 is 38.7 Å². The molecule has 0 saturated carbocycles. The number of benzene rings is 1. The molecule has 1 heterocycles. The van der Waals surface area contributed by atoms with Gasteiger partial charge in [0.1, 0.15) is 24.2 Å². The summed E-state index contributed by atoms with van der Waals surface area (Å²) in [6.07, 6.45) is -0.345. The molecule has 1 fully saturated rings. The lowest BCUT2D eigenvalue weighted by Gasteiger charge is -2.26. The number of nitrogens with one attached hydrogen (secondary N) is 6. The van der Waals surface area contributed by atoms with Crippen molar-refractivity contribution in [2.45, 2.75) is 70.1 Å². The molecule has 0 bridgehead atoms. The molecule has 1 aliphatic rings. The predicted molar refractivity (Wildman–Crippen MR) is 166 cm³/mol. The highest BCUT2D eigenvalue weighted by molar-refractivity contribution is 5.97. The molecule has 0 unspecified atom stereocenters. The third-order valence-electron chi connectivity index (χ3n) is 6.73. The van der Waals surface area contributed by atoms with Gasteiger partial charge in [-0.15, -0.1) is 0 Å². The van der Waals surface area contributed by atoms with E-state index in [2.05, 4.69) is 36.9 Å². The maximum atomic E-state index is 13.5. The first kappa shape index (κ1) is 37.0. The maximum Gasteiger partial charge on any atom is 0.305 e. The van der Waals surface area contributed by atoms with Crippen molar-refractivity contribution in [2.75, 3.05) is 19.6 Å². The van der Waals surface area contributed by atoms with Crippen LogP contribution in [0.15, 0.2) is 35.3 Å². The van der Waals surface area contributed by atoms with Gasteiger partial charge in [-0.2, -0.15) is 0 Å². The van der Waals surface area contributed by atoms with Crippen molar-refractivity contribution in [2.24, 2.45) is 22.4 Å². The van der Waals surface area contributed by atoms with Crippen LogP contribution in [0.1, 0.15) is 45.1 Å². The second-order valence-corrected chi connectivity index (χ2v) is 11.2. The first-order valence-electron chi connectivity index (χ1n) is 14.8. The highest BCUT2D eigenvalue weighted by Crippen LogP contribution is 2.09. The Hall–Kier alpha value is -5.22. The van der Waals surface area contributed by atoms with E-state index in [4.69, 9.17) is 11.5 Å². The third-order valence-corrected chi connectivity index (χ3v) is 6.73. The van der Waals surface area contributed by atoms with E-state index in [9.17, 15) is 38.7 Å². The van der Waals surface area contributed by atoms with Gasteiger partial charge in [-0.25, -0.2) is 0 Å². The van der Waals surface area contributed by atoms with Crippen LogP contribution in [0.5, 0.6) is 0 Å². The number of carboxylic acid groups (broad SMARTS) is 1. The summed E-state index contributed by atoms with van der Waals surface area (Å²) in [4.78, 5) is 93.8. The van der Waals surface area contributed by atoms with E-state index >= 15 is 0 Å². The minimum atomic E-state index is -1.61. The Kier molecular flexibility index (Phi) is 14.9. The van der Waals surface area contributed by atoms with Crippen LogP contribution in [0.2, 0.25) is 0 Å². The quantitative estimate of drug-likeness (QED) is 0.0706. The molecule has 2 rings (SSSR count). The standard InChI is InChI=1S/C29H43N9O8/c1-16(2)11-19-26(44)34-14-22(39)35-18(9-6-10-32-29(30)31)25(43)33-15-23(40)36-21(13-24(41)42)28(46)38-20(27(45)37-19)12-17-7-4-3-5-8-17/h3-5,7-8,16,18-21H,6,9-15H2,1-2H3,(H,33,43)(H,34,44)(H,35,39)(H,36,40)(H,37,45)(H,38,46)(H,41,42)(H4,30,31,32)/t18-,19-,20+,21-/m0/s1. The average Bonchev–Trinajstić information content (AvgIpc) is 2.98. The van der Waals surface area contributed by atoms with Gasteiger partial charge in [0.05, 0.1) is 19.5 Å². The number of hydrogen-bond donors (Lipinski definition) is 9. The fraction of sp³-hybridized carbons (Fsp3) is 0.517. The monoisotopic (exact) mass is 645 g/mol. The number of rotatable bonds is 10. The molecule has 1 saturated heterocycles. The fourth-order valence-electron chi connectivity index (χ4n) is 4.53. The zero-order valence-electron chi connectivity index (χ0n) is 25.8. The molecule has 1 aliphatic heterocycles. The zero-order chi connectivity index (χ0) is 34.2. The van der Waals surface area contributed by atoms with E-state index in [0.717, 1.165) is 0 Å². The van der Waals surface area contributed by atoms with Crippen LogP contribution in [0.4, 0.5) is 0 Å². The molecule has 1 aromatic carbocycles. The van der Waals surface area contributed by atoms with E-state index in [-0.39, 0.29) is 44.1 Å². The number of nitrogens with zero attached hydrogens (tertiary/aromatic N) is 1. The molecule has 252 valence electrons. The third kappa shape index (κ3) is 13.6. The first-order valence-corrected chi connectivity index (χ1v) is 14.8. The van der Waals surface area contributed by atoms with E-state index in [1.54, 1.807) is 30.3 Å². The number of amides is 6. The Morgan fingerprint density at radius 3 is 1.91 bits per heavy atom. The average molecular weight is 646 g/mol. The lowest BCUT2D eigenvalue weighted by molar-refractivity contribution is -0.141. The largest absolute Gasteiger partial charge is 0.481 e. The smallest absolute Gasteiger partial charge is 0.305 e. The van der Waals surface area contributed by atoms with Gasteiger partial charge in [0.25, 0.3) is 0 Å². The van der Waals surface area contributed by atoms with Crippen LogP contribution in [-0.2, 0) is 40.0 Å². The van der Waals surface area contributed by atoms with Crippen molar-refractivity contribution in [1.82, 2.24) is 31.9 Å². The molecule has 11 N–H and O–H groups in total. The van der Waals surface area contributed by atoms with Crippen LogP contribution in [0, 0.1) is 5.92 Å². The summed E-state index contributed by atoms with van der Waals surface area (Å²) >= 11 is 0. The number of hydrogen-bond acceptors (Lipinski definition) is 8. The molecule has 1 aromatic rings. The molecule has 0 aromatic heterocycles. The van der Waals surface area contributed by atoms with Crippen LogP contribution < -0.4 is 43.4 Å². The summed E-state index contributed by atoms with van der Waals surface area (Å²) < 4.78 is 0. The van der Waals surface area contributed by atoms with Gasteiger partial charge in [0, 0.05) is 13.0 Å². The van der Waals surface area contributed by atoms with Gasteiger partial charge >= 0.3 is 5.97 Å². The normalized spacial score (nSPS) is 22.2. The van der Waals surface area contributed by atoms with Crippen molar-refractivity contribution in [3.8, 4) is 0 Å². The predicted octanol–water partition coefficient (Wildman–Crippen LogP) is -3.01. The Balaban J connectivity index is 2.41. The number of aliphatic imine (C=N–C) groups is 1. The van der Waals surface area contributed by atoms with E-state index < -0.39 is 85.1 Å². The van der Waals surface area contributed by atoms with Crippen LogP contribution in [0.3, 0.4) is 0 Å². The summed E-state index contributed by atoms with van der Waals surface area (Å²) in [5, 5.41) is 24.1. The van der Waals surface area contributed by atoms with E-state index in [1.165, 1.54) is 0 Å². The van der Waals surface area contributed by atoms with Crippen LogP contribution in [-0.4, -0.2) is 96.3 Å². The van der Waals surface area contributed by atoms with E-state index in [1.807, 2.05) is 13.8 Å². The highest BCUT2D eigenvalue weighted by atomic mass is 16.4. The van der Waals surface area contributed by atoms with Crippen molar-refractivity contribution >= 4 is 47.4 Å². The number of nitrogens with two attached hydrogens (primary N) is 2. The number of carbonyl (C=O) groups is 7. The zero-order valence-corrected chi connectivity index (χ0v) is 25.8. The van der Waals surface area contributed by atoms with Gasteiger partial charge in [0.15, 0.2) is 5.96 Å². The SMILES string of the molecule is CC(C)C[C@@H]1NC(=O)[C@@H](Cc2ccccc2)NC(=O)[C@H](CC(=O)O)NC(=O)CNC(=O)[C@H](CCCN=C(N)N)NC(=O)CNC1=O. The molecular weight excluding hydrogens is 602 g/mol. The van der Waals surface area contributed by atoms with Crippen LogP contribution in [0.25, 0.3) is 0 Å². The molecule has 0 aliphatic carbocycles. The Morgan fingerprint density at radius 2 is 1.35 bits per heavy atom. The Morgan fingerprint density at radius 1 is 0.804 bits per heavy atom. The number of carboxylic acids is 1. The maximum absolute atomic E-state index is 13.5. The summed E-state index contributed by atoms with van der Waals surface area (Å²) in [6.45, 7) is 2.61. The number of aliphatic carboxylic acids is 1. The summed E-state index contributed by atoms with van der Waals surface area (Å²) in [6, 6.07) is 3.50. The summed E-state index contributed by atoms with van der Waals surface area (Å²) in [5.41, 5.74) is 11.3. The molecule has 6 amide bonds. The minimum absolute atomic E-state index is 0.0226. The molecule has 46 heavy (non-hydrogen) atoms. The first-order chi connectivity index (χ1) is 21.7. The summed E-state index contributed by atoms with van der Waals surface area (Å²) in [7, 11) is 0. The second-order valence-electron chi connectivity index (χ2n) is 11.2. The van der Waals surface area contributed by atoms with Gasteiger partial charge in [0.2, 0.25) is 35.4 Å². The lowest BCUT2D eigenvalue weighted by Crippen LogP contribution is -2.59. The highest BCUT2D eigenvalue weighted by Gasteiger charge is 2.32. The molecular formula is C29H43N9O8. The molecule has 0 radical (unpaired) electrons. The topological polar surface area (TPSA) is 276 Å². The number of carbonyl (C=O) groups excluding carboxylic acids is 6. The van der Waals surface area contributed by atoms with Crippen molar-refractivity contribution in [1.29, 1.82) is 0 Å². The fourth-order valence-corrected chi connectivity index (χ4v) is 4.53. The van der Waals surface area contributed by atoms with E-state index in [0.29, 0.717) is 5.56 Å². The molecule has 4 atom stereocenters. The second kappa shape index (κ2) is 18.6. The van der Waals surface area contributed by atoms with Gasteiger partial charge in [-0.05, 0) is 30.7 Å². The van der Waals surface area contributed by atoms with Gasteiger partial charge in [-0.1, -0.05) is 44.2 Å². The Bertz CT molecular complexity index is 1280. The van der Waals surface area contributed by atoms with Gasteiger partial charge in [-0.3, -0.25) is 38.6 Å². The minimum Gasteiger partial charge on any atom is -0.481 e. The lowest BCUT2D eigenvalue weighted by atomic mass is 10.0. The van der Waals surface area contributed by atoms with Crippen molar-refractivity contribution in [3.05, 3.63) is 35.9 Å². The molecule has 0 spiro atoms. The number of guanidine groups is 1. The Labute approximate surface area is 266 Å². The molecule has 17 heteroatoms. The van der Waals surface area contributed by atoms with Crippen LogP contribution >= 0.6 is 0 Å². The van der Waals surface area contributed by atoms with Crippen molar-refractivity contribution in [3.63, 3.8) is 0 Å². The summed E-state index contributed by atoms with van der Waals surface area (Å²) in [5.74, 6) is -6.38.